The van der Waals surface area contributed by atoms with Gasteiger partial charge in [0.25, 0.3) is 0 Å². The third kappa shape index (κ3) is 4.45. The molecule has 1 N–H and O–H groups in total. The normalized spacial score (nSPS) is 10.6. The zero-order chi connectivity index (χ0) is 13.5. The van der Waals surface area contributed by atoms with Crippen LogP contribution in [0.1, 0.15) is 16.7 Å². The van der Waals surface area contributed by atoms with Crippen molar-refractivity contribution in [1.82, 2.24) is 10.3 Å². The number of halogens is 1. The molecular weight excluding hydrogens is 239 g/mol. The maximum absolute atomic E-state index is 13.0. The second-order valence-electron chi connectivity index (χ2n) is 4.68. The monoisotopic (exact) mass is 258 g/mol. The zero-order valence-electron chi connectivity index (χ0n) is 11.2. The van der Waals surface area contributed by atoms with Crippen molar-refractivity contribution in [2.24, 2.45) is 0 Å². The number of hydrogen-bond acceptors (Lipinski definition) is 2. The summed E-state index contributed by atoms with van der Waals surface area (Å²) >= 11 is 0. The molecule has 0 unspecified atom stereocenters. The number of aryl methyl sites for hydroxylation is 1. The van der Waals surface area contributed by atoms with Crippen LogP contribution >= 0.6 is 0 Å². The minimum absolute atomic E-state index is 0.161. The van der Waals surface area contributed by atoms with Crippen LogP contribution in [0.25, 0.3) is 0 Å². The fourth-order valence-electron chi connectivity index (χ4n) is 2.07. The van der Waals surface area contributed by atoms with Crippen LogP contribution in [0.15, 0.2) is 42.7 Å². The lowest BCUT2D eigenvalue weighted by Crippen LogP contribution is -2.20. The topological polar surface area (TPSA) is 24.9 Å². The molecule has 0 bridgehead atoms. The molecule has 1 aromatic carbocycles. The Morgan fingerprint density at radius 3 is 2.74 bits per heavy atom. The highest BCUT2D eigenvalue weighted by Crippen LogP contribution is 2.10. The Kier molecular flexibility index (Phi) is 5.04. The molecule has 0 aliphatic carbocycles. The fraction of sp³-hybridized carbons (Fsp3) is 0.312. The maximum Gasteiger partial charge on any atom is 0.123 e. The Hall–Kier alpha value is -1.74. The lowest BCUT2D eigenvalue weighted by Gasteiger charge is -2.07. The van der Waals surface area contributed by atoms with Gasteiger partial charge in [0.15, 0.2) is 0 Å². The first-order chi connectivity index (χ1) is 9.25. The van der Waals surface area contributed by atoms with Crippen molar-refractivity contribution in [3.63, 3.8) is 0 Å². The largest absolute Gasteiger partial charge is 0.316 e. The molecule has 1 heterocycles. The van der Waals surface area contributed by atoms with E-state index in [-0.39, 0.29) is 5.82 Å². The second kappa shape index (κ2) is 7.00. The fourth-order valence-corrected chi connectivity index (χ4v) is 2.07. The van der Waals surface area contributed by atoms with Crippen molar-refractivity contribution >= 4 is 0 Å². The van der Waals surface area contributed by atoms with Crippen LogP contribution in [0.2, 0.25) is 0 Å². The van der Waals surface area contributed by atoms with Gasteiger partial charge in [-0.3, -0.25) is 4.98 Å². The summed E-state index contributed by atoms with van der Waals surface area (Å²) in [6.07, 6.45) is 5.59. The third-order valence-electron chi connectivity index (χ3n) is 3.19. The molecule has 2 rings (SSSR count). The van der Waals surface area contributed by atoms with Gasteiger partial charge in [-0.2, -0.15) is 0 Å². The molecule has 0 spiro atoms. The van der Waals surface area contributed by atoms with Gasteiger partial charge in [0.2, 0.25) is 0 Å². The van der Waals surface area contributed by atoms with E-state index in [0.717, 1.165) is 31.5 Å². The van der Waals surface area contributed by atoms with Crippen molar-refractivity contribution in [2.75, 3.05) is 13.1 Å². The van der Waals surface area contributed by atoms with Crippen LogP contribution in [0.5, 0.6) is 0 Å². The highest BCUT2D eigenvalue weighted by atomic mass is 19.1. The molecule has 0 atom stereocenters. The first kappa shape index (κ1) is 13.7. The van der Waals surface area contributed by atoms with Gasteiger partial charge >= 0.3 is 0 Å². The Morgan fingerprint density at radius 1 is 1.16 bits per heavy atom. The molecule has 0 saturated heterocycles. The molecule has 100 valence electrons. The van der Waals surface area contributed by atoms with Crippen LogP contribution in [0.3, 0.4) is 0 Å². The molecule has 0 fully saturated rings. The van der Waals surface area contributed by atoms with Crippen molar-refractivity contribution < 1.29 is 4.39 Å². The number of hydrogen-bond donors (Lipinski definition) is 1. The lowest BCUT2D eigenvalue weighted by atomic mass is 10.1. The highest BCUT2D eigenvalue weighted by molar-refractivity contribution is 5.26. The SMILES string of the molecule is Cc1cc(F)ccc1CCNCCc1cccnc1. The van der Waals surface area contributed by atoms with Crippen molar-refractivity contribution in [2.45, 2.75) is 19.8 Å². The minimum Gasteiger partial charge on any atom is -0.316 e. The van der Waals surface area contributed by atoms with Crippen LogP contribution in [-0.4, -0.2) is 18.1 Å². The summed E-state index contributed by atoms with van der Waals surface area (Å²) in [6.45, 7) is 3.80. The molecular formula is C16H19FN2. The smallest absolute Gasteiger partial charge is 0.123 e. The van der Waals surface area contributed by atoms with E-state index in [1.54, 1.807) is 12.3 Å². The number of rotatable bonds is 6. The molecule has 0 saturated carbocycles. The molecule has 0 radical (unpaired) electrons. The molecule has 0 amide bonds. The first-order valence-corrected chi connectivity index (χ1v) is 6.60. The first-order valence-electron chi connectivity index (χ1n) is 6.60. The standard InChI is InChI=1S/C16H19FN2/c1-13-11-16(17)5-4-15(13)7-10-18-9-6-14-3-2-8-19-12-14/h2-5,8,11-12,18H,6-7,9-10H2,1H3. The second-order valence-corrected chi connectivity index (χ2v) is 4.68. The van der Waals surface area contributed by atoms with E-state index in [9.17, 15) is 4.39 Å². The van der Waals surface area contributed by atoms with Gasteiger partial charge in [0.1, 0.15) is 5.82 Å². The predicted molar refractivity (Wildman–Crippen MR) is 75.7 cm³/mol. The van der Waals surface area contributed by atoms with Crippen LogP contribution in [-0.2, 0) is 12.8 Å². The molecule has 0 aliphatic heterocycles. The van der Waals surface area contributed by atoms with E-state index in [2.05, 4.69) is 16.4 Å². The molecule has 19 heavy (non-hydrogen) atoms. The summed E-state index contributed by atoms with van der Waals surface area (Å²) in [6, 6.07) is 9.02. The van der Waals surface area contributed by atoms with Crippen LogP contribution in [0, 0.1) is 12.7 Å². The molecule has 3 heteroatoms. The molecule has 0 aliphatic rings. The summed E-state index contributed by atoms with van der Waals surface area (Å²) in [5.41, 5.74) is 3.47. The van der Waals surface area contributed by atoms with Gasteiger partial charge in [0.05, 0.1) is 0 Å². The zero-order valence-corrected chi connectivity index (χ0v) is 11.2. The number of benzene rings is 1. The van der Waals surface area contributed by atoms with Gasteiger partial charge in [-0.1, -0.05) is 12.1 Å². The number of nitrogens with one attached hydrogen (secondary N) is 1. The van der Waals surface area contributed by atoms with E-state index in [1.807, 2.05) is 25.3 Å². The predicted octanol–water partition coefficient (Wildman–Crippen LogP) is 2.90. The van der Waals surface area contributed by atoms with Gasteiger partial charge in [-0.05, 0) is 67.7 Å². The van der Waals surface area contributed by atoms with E-state index in [4.69, 9.17) is 0 Å². The van der Waals surface area contributed by atoms with Gasteiger partial charge in [-0.25, -0.2) is 4.39 Å². The van der Waals surface area contributed by atoms with E-state index in [1.165, 1.54) is 17.2 Å². The number of pyridine rings is 1. The summed E-state index contributed by atoms with van der Waals surface area (Å²) in [5, 5.41) is 3.40. The minimum atomic E-state index is -0.161. The average molecular weight is 258 g/mol. The van der Waals surface area contributed by atoms with Crippen molar-refractivity contribution in [1.29, 1.82) is 0 Å². The lowest BCUT2D eigenvalue weighted by molar-refractivity contribution is 0.624. The number of nitrogens with zero attached hydrogens (tertiary/aromatic N) is 1. The Balaban J connectivity index is 1.69. The number of aromatic nitrogens is 1. The summed E-state index contributed by atoms with van der Waals surface area (Å²) in [4.78, 5) is 4.09. The quantitative estimate of drug-likeness (QED) is 0.806. The van der Waals surface area contributed by atoms with E-state index >= 15 is 0 Å². The Morgan fingerprint density at radius 2 is 2.00 bits per heavy atom. The van der Waals surface area contributed by atoms with Crippen LogP contribution in [0.4, 0.5) is 4.39 Å². The van der Waals surface area contributed by atoms with E-state index in [0.29, 0.717) is 0 Å². The van der Waals surface area contributed by atoms with E-state index < -0.39 is 0 Å². The Bertz CT molecular complexity index is 511. The van der Waals surface area contributed by atoms with Gasteiger partial charge in [0, 0.05) is 12.4 Å². The third-order valence-corrected chi connectivity index (χ3v) is 3.19. The van der Waals surface area contributed by atoms with Gasteiger partial charge < -0.3 is 5.32 Å². The van der Waals surface area contributed by atoms with Crippen molar-refractivity contribution in [3.8, 4) is 0 Å². The van der Waals surface area contributed by atoms with Crippen molar-refractivity contribution in [3.05, 3.63) is 65.2 Å². The summed E-state index contributed by atoms with van der Waals surface area (Å²) in [7, 11) is 0. The summed E-state index contributed by atoms with van der Waals surface area (Å²) < 4.78 is 13.0. The molecule has 1 aromatic heterocycles. The highest BCUT2D eigenvalue weighted by Gasteiger charge is 1.99. The van der Waals surface area contributed by atoms with Crippen LogP contribution < -0.4 is 5.32 Å². The van der Waals surface area contributed by atoms with Gasteiger partial charge in [-0.15, -0.1) is 0 Å². The molecule has 2 aromatic rings. The summed E-state index contributed by atoms with van der Waals surface area (Å²) in [5.74, 6) is -0.161. The Labute approximate surface area is 113 Å². The maximum atomic E-state index is 13.0. The average Bonchev–Trinajstić information content (AvgIpc) is 2.42. The molecule has 2 nitrogen and oxygen atoms in total.